The van der Waals surface area contributed by atoms with Gasteiger partial charge in [0.2, 0.25) is 5.91 Å². The van der Waals surface area contributed by atoms with Gasteiger partial charge in [-0.1, -0.05) is 17.7 Å². The number of nitrogens with one attached hydrogen (secondary N) is 1. The van der Waals surface area contributed by atoms with Crippen molar-refractivity contribution in [3.8, 4) is 11.1 Å². The number of thiophene rings is 1. The highest BCUT2D eigenvalue weighted by Crippen LogP contribution is 2.50. The molecule has 146 valence electrons. The quantitative estimate of drug-likeness (QED) is 0.738. The molecule has 7 heteroatoms. The first-order chi connectivity index (χ1) is 13.3. The van der Waals surface area contributed by atoms with Crippen molar-refractivity contribution in [1.82, 2.24) is 10.2 Å². The van der Waals surface area contributed by atoms with Gasteiger partial charge in [0.15, 0.2) is 5.82 Å². The second kappa shape index (κ2) is 7.03. The molecule has 0 spiro atoms. The summed E-state index contributed by atoms with van der Waals surface area (Å²) in [5, 5.41) is 5.65. The third-order valence-corrected chi connectivity index (χ3v) is 7.06. The van der Waals surface area contributed by atoms with Crippen molar-refractivity contribution in [2.45, 2.75) is 25.3 Å². The van der Waals surface area contributed by atoms with Crippen molar-refractivity contribution in [1.29, 1.82) is 0 Å². The maximum atomic E-state index is 13.5. The molecular formula is C21H21ClFN3OS. The van der Waals surface area contributed by atoms with E-state index in [2.05, 4.69) is 29.2 Å². The molecule has 1 aliphatic carbocycles. The highest BCUT2D eigenvalue weighted by molar-refractivity contribution is 7.10. The minimum Gasteiger partial charge on any atom is -0.353 e. The summed E-state index contributed by atoms with van der Waals surface area (Å²) in [6.45, 7) is 2.07. The Balaban J connectivity index is 1.77. The van der Waals surface area contributed by atoms with Crippen molar-refractivity contribution >= 4 is 34.7 Å². The smallest absolute Gasteiger partial charge is 0.234 e. The normalized spacial score (nSPS) is 24.8. The van der Waals surface area contributed by atoms with E-state index in [0.29, 0.717) is 11.7 Å². The van der Waals surface area contributed by atoms with Gasteiger partial charge in [-0.15, -0.1) is 11.3 Å². The molecule has 0 radical (unpaired) electrons. The Morgan fingerprint density at radius 3 is 2.75 bits per heavy atom. The summed E-state index contributed by atoms with van der Waals surface area (Å²) in [7, 11) is 3.40. The third kappa shape index (κ3) is 3.16. The van der Waals surface area contributed by atoms with Crippen LogP contribution in [0.2, 0.25) is 5.02 Å². The Morgan fingerprint density at radius 2 is 2.11 bits per heavy atom. The lowest BCUT2D eigenvalue weighted by Gasteiger charge is -2.45. The molecule has 1 saturated carbocycles. The Kier molecular flexibility index (Phi) is 4.82. The van der Waals surface area contributed by atoms with Crippen LogP contribution >= 0.6 is 22.9 Å². The van der Waals surface area contributed by atoms with E-state index in [4.69, 9.17) is 11.6 Å². The maximum Gasteiger partial charge on any atom is 0.234 e. The molecule has 2 atom stereocenters. The van der Waals surface area contributed by atoms with Crippen molar-refractivity contribution < 1.29 is 9.18 Å². The van der Waals surface area contributed by atoms with Crippen molar-refractivity contribution in [2.24, 2.45) is 16.8 Å². The number of rotatable bonds is 3. The largest absolute Gasteiger partial charge is 0.353 e. The van der Waals surface area contributed by atoms with Crippen molar-refractivity contribution in [2.75, 3.05) is 14.1 Å². The van der Waals surface area contributed by atoms with Crippen LogP contribution in [0.1, 0.15) is 24.6 Å². The summed E-state index contributed by atoms with van der Waals surface area (Å²) in [5.41, 5.74) is 1.26. The summed E-state index contributed by atoms with van der Waals surface area (Å²) in [4.78, 5) is 19.8. The van der Waals surface area contributed by atoms with Gasteiger partial charge in [-0.2, -0.15) is 0 Å². The van der Waals surface area contributed by atoms with Gasteiger partial charge in [0.1, 0.15) is 5.82 Å². The molecule has 1 N–H and O–H groups in total. The summed E-state index contributed by atoms with van der Waals surface area (Å²) in [6.07, 6.45) is 2.13. The summed E-state index contributed by atoms with van der Waals surface area (Å²) < 4.78 is 13.5. The van der Waals surface area contributed by atoms with Crippen LogP contribution in [-0.2, 0) is 10.3 Å². The Labute approximate surface area is 172 Å². The Morgan fingerprint density at radius 1 is 1.36 bits per heavy atom. The van der Waals surface area contributed by atoms with Gasteiger partial charge in [0.05, 0.1) is 16.5 Å². The van der Waals surface area contributed by atoms with Crippen LogP contribution in [0.3, 0.4) is 0 Å². The molecular weight excluding hydrogens is 397 g/mol. The van der Waals surface area contributed by atoms with Crippen LogP contribution in [0, 0.1) is 17.7 Å². The molecule has 2 aromatic rings. The Bertz CT molecular complexity index is 1010. The first-order valence-electron chi connectivity index (χ1n) is 9.17. The molecule has 28 heavy (non-hydrogen) atoms. The molecule has 1 aliphatic heterocycles. The molecule has 1 aromatic heterocycles. The number of halogens is 2. The fourth-order valence-corrected chi connectivity index (χ4v) is 5.19. The fraction of sp³-hybridized carbons (Fsp3) is 0.381. The van der Waals surface area contributed by atoms with E-state index in [1.54, 1.807) is 42.5 Å². The topological polar surface area (TPSA) is 44.7 Å². The minimum atomic E-state index is -0.551. The van der Waals surface area contributed by atoms with Crippen molar-refractivity contribution in [3.05, 3.63) is 51.2 Å². The average molecular weight is 418 g/mol. The van der Waals surface area contributed by atoms with E-state index in [9.17, 15) is 9.18 Å². The second-order valence-electron chi connectivity index (χ2n) is 7.55. The standard InChI is InChI=1S/C21H21ClFN3OS/c1-21(17-9-14(11-28-17)13-6-7-16(23)15(22)8-13)19(12-4-5-12)20(27)26(3)18(25-21)10-24-2/h6-9,11-12,19,25H,4-5H2,1-3H3/t19-,21-/m1/s1. The highest BCUT2D eigenvalue weighted by Gasteiger charge is 2.54. The van der Waals surface area contributed by atoms with Crippen LogP contribution in [0.15, 0.2) is 40.5 Å². The minimum absolute atomic E-state index is 0.0923. The van der Waals surface area contributed by atoms with Crippen molar-refractivity contribution in [3.63, 3.8) is 0 Å². The van der Waals surface area contributed by atoms with E-state index in [0.717, 1.165) is 28.8 Å². The van der Waals surface area contributed by atoms with Crippen LogP contribution in [0.5, 0.6) is 0 Å². The van der Waals surface area contributed by atoms with Crippen LogP contribution in [-0.4, -0.2) is 30.8 Å². The number of carbonyl (C=O) groups is 1. The predicted octanol–water partition coefficient (Wildman–Crippen LogP) is 4.65. The van der Waals surface area contributed by atoms with Crippen LogP contribution in [0.25, 0.3) is 11.1 Å². The number of hydrogen-bond donors (Lipinski definition) is 1. The molecule has 2 fully saturated rings. The zero-order valence-corrected chi connectivity index (χ0v) is 17.5. The SMILES string of the molecule is CN=C=C1N[C@](C)(c2cc(-c3ccc(F)c(Cl)c3)cs2)[C@H](C2CC2)C(=O)N1C. The van der Waals surface area contributed by atoms with Crippen LogP contribution < -0.4 is 5.32 Å². The van der Waals surface area contributed by atoms with E-state index in [1.807, 2.05) is 5.38 Å². The summed E-state index contributed by atoms with van der Waals surface area (Å²) in [5.74, 6) is 3.36. The lowest BCUT2D eigenvalue weighted by atomic mass is 9.77. The average Bonchev–Trinajstić information content (AvgIpc) is 3.35. The van der Waals surface area contributed by atoms with Gasteiger partial charge in [-0.25, -0.2) is 9.38 Å². The zero-order valence-electron chi connectivity index (χ0n) is 15.9. The lowest BCUT2D eigenvalue weighted by molar-refractivity contribution is -0.139. The molecule has 4 nitrogen and oxygen atoms in total. The maximum absolute atomic E-state index is 13.5. The van der Waals surface area contributed by atoms with Gasteiger partial charge in [-0.3, -0.25) is 9.69 Å². The number of nitrogens with zero attached hydrogens (tertiary/aromatic N) is 2. The molecule has 0 unspecified atom stereocenters. The van der Waals surface area contributed by atoms with E-state index in [1.165, 1.54) is 6.07 Å². The van der Waals surface area contributed by atoms with Gasteiger partial charge in [-0.05, 0) is 60.4 Å². The molecule has 4 rings (SSSR count). The zero-order chi connectivity index (χ0) is 20.1. The number of aliphatic imine (C=N–C) groups is 1. The summed E-state index contributed by atoms with van der Waals surface area (Å²) >= 11 is 7.54. The second-order valence-corrected chi connectivity index (χ2v) is 8.87. The van der Waals surface area contributed by atoms with Gasteiger partial charge in [0, 0.05) is 24.8 Å². The highest BCUT2D eigenvalue weighted by atomic mass is 35.5. The summed E-state index contributed by atoms with van der Waals surface area (Å²) in [6, 6.07) is 6.79. The first-order valence-corrected chi connectivity index (χ1v) is 10.4. The number of benzene rings is 1. The van der Waals surface area contributed by atoms with Gasteiger partial charge < -0.3 is 5.32 Å². The lowest BCUT2D eigenvalue weighted by Crippen LogP contribution is -2.60. The molecule has 2 heterocycles. The van der Waals surface area contributed by atoms with E-state index < -0.39 is 11.4 Å². The predicted molar refractivity (Wildman–Crippen MR) is 111 cm³/mol. The fourth-order valence-electron chi connectivity index (χ4n) is 3.94. The third-order valence-electron chi connectivity index (χ3n) is 5.61. The Hall–Kier alpha value is -2.14. The molecule has 0 bridgehead atoms. The molecule has 2 aliphatic rings. The van der Waals surface area contributed by atoms with E-state index >= 15 is 0 Å². The number of carbonyl (C=O) groups excluding carboxylic acids is 1. The first kappa shape index (κ1) is 19.2. The molecule has 1 aromatic carbocycles. The van der Waals surface area contributed by atoms with E-state index in [-0.39, 0.29) is 16.8 Å². The van der Waals surface area contributed by atoms with Crippen LogP contribution in [0.4, 0.5) is 4.39 Å². The molecule has 1 saturated heterocycles. The van der Waals surface area contributed by atoms with Gasteiger partial charge in [0.25, 0.3) is 0 Å². The number of amides is 1. The van der Waals surface area contributed by atoms with Gasteiger partial charge >= 0.3 is 0 Å². The number of hydrogen-bond acceptors (Lipinski definition) is 4. The molecule has 1 amide bonds. The monoisotopic (exact) mass is 417 g/mol.